The van der Waals surface area contributed by atoms with Crippen LogP contribution in [0.3, 0.4) is 0 Å². The molecule has 5 rings (SSSR count). The standard InChI is InChI=1S/C43H48ClN7O8/c1-26(52)23-47-42(57)35-21-27-4-14-36(53)33(20-27)34-22-31(11-15-37(34)59-19-18-46-17-16-45-2)40(43(58)48-24-38(54)50-35)51(3)39(55)25-49-41(56)30-7-5-28(6-8-30)29-9-12-32(44)13-10-29/h4-15,20,22,35,40,45-46,53H,16-19,21,23-25H2,1-3H3,(H,47,57)(H,48,58)(H,49,56)(H,50,54). The van der Waals surface area contributed by atoms with Gasteiger partial charge in [-0.3, -0.25) is 28.8 Å². The Morgan fingerprint density at radius 1 is 0.864 bits per heavy atom. The number of phenolic OH excluding ortho intramolecular Hbond substituents is 1. The van der Waals surface area contributed by atoms with Gasteiger partial charge in [0.05, 0.1) is 19.6 Å². The topological polar surface area (TPSA) is 207 Å². The molecule has 0 spiro atoms. The fraction of sp³-hybridized carbons (Fsp3) is 0.302. The van der Waals surface area contributed by atoms with Gasteiger partial charge in [-0.25, -0.2) is 0 Å². The van der Waals surface area contributed by atoms with Crippen LogP contribution in [0.1, 0.15) is 34.5 Å². The number of fused-ring (bicyclic) bond motifs is 5. The zero-order chi connectivity index (χ0) is 42.5. The van der Waals surface area contributed by atoms with Crippen LogP contribution in [0.15, 0.2) is 84.9 Å². The molecule has 15 nitrogen and oxygen atoms in total. The fourth-order valence-electron chi connectivity index (χ4n) is 6.37. The third kappa shape index (κ3) is 12.1. The summed E-state index contributed by atoms with van der Waals surface area (Å²) in [6, 6.07) is 21.2. The third-order valence-corrected chi connectivity index (χ3v) is 9.79. The van der Waals surface area contributed by atoms with Gasteiger partial charge >= 0.3 is 0 Å². The highest BCUT2D eigenvalue weighted by atomic mass is 35.5. The lowest BCUT2D eigenvalue weighted by Gasteiger charge is -2.29. The first kappa shape index (κ1) is 43.8. The van der Waals surface area contributed by atoms with E-state index in [0.29, 0.717) is 51.7 Å². The number of benzene rings is 4. The summed E-state index contributed by atoms with van der Waals surface area (Å²) in [5, 5.41) is 28.5. The number of nitrogens with zero attached hydrogens (tertiary/aromatic N) is 1. The van der Waals surface area contributed by atoms with E-state index in [1.807, 2.05) is 19.2 Å². The number of ether oxygens (including phenoxy) is 1. The molecule has 0 aliphatic carbocycles. The maximum absolute atomic E-state index is 14.0. The molecule has 2 unspecified atom stereocenters. The monoisotopic (exact) mass is 825 g/mol. The molecular formula is C43H48ClN7O8. The summed E-state index contributed by atoms with van der Waals surface area (Å²) in [7, 11) is 3.25. The Kier molecular flexibility index (Phi) is 15.5. The lowest BCUT2D eigenvalue weighted by molar-refractivity contribution is -0.139. The van der Waals surface area contributed by atoms with Crippen LogP contribution < -0.4 is 36.6 Å². The van der Waals surface area contributed by atoms with Gasteiger partial charge in [0.15, 0.2) is 0 Å². The number of Topliss-reactive ketones (excluding diaryl/α,β-unsaturated/α-hetero) is 1. The van der Waals surface area contributed by atoms with Crippen molar-refractivity contribution in [3.05, 3.63) is 107 Å². The first-order chi connectivity index (χ1) is 28.3. The van der Waals surface area contributed by atoms with Crippen LogP contribution >= 0.6 is 11.6 Å². The van der Waals surface area contributed by atoms with Crippen LogP contribution in [0.5, 0.6) is 11.5 Å². The van der Waals surface area contributed by atoms with Crippen molar-refractivity contribution in [3.8, 4) is 33.8 Å². The Balaban J connectivity index is 1.44. The van der Waals surface area contributed by atoms with Gasteiger partial charge in [-0.1, -0.05) is 48.0 Å². The molecule has 7 N–H and O–H groups in total. The van der Waals surface area contributed by atoms with Gasteiger partial charge in [0.2, 0.25) is 23.6 Å². The number of rotatable bonds is 15. The van der Waals surface area contributed by atoms with Crippen LogP contribution in [-0.2, 0) is 30.4 Å². The summed E-state index contributed by atoms with van der Waals surface area (Å²) in [6.07, 6.45) is -0.0138. The van der Waals surface area contributed by atoms with Gasteiger partial charge in [0, 0.05) is 54.8 Å². The first-order valence-electron chi connectivity index (χ1n) is 19.0. The van der Waals surface area contributed by atoms with Crippen LogP contribution in [0.25, 0.3) is 22.3 Å². The highest BCUT2D eigenvalue weighted by molar-refractivity contribution is 6.30. The number of aromatic hydroxyl groups is 1. The van der Waals surface area contributed by atoms with Crippen molar-refractivity contribution < 1.29 is 38.6 Å². The quantitative estimate of drug-likeness (QED) is 0.0872. The smallest absolute Gasteiger partial charge is 0.251 e. The molecule has 2 atom stereocenters. The average molecular weight is 826 g/mol. The molecule has 1 aliphatic rings. The number of likely N-dealkylation sites (N-methyl/N-ethyl adjacent to an activating group) is 2. The minimum Gasteiger partial charge on any atom is -0.507 e. The number of phenols is 1. The fourth-order valence-corrected chi connectivity index (χ4v) is 6.50. The molecule has 5 amide bonds. The maximum atomic E-state index is 14.0. The number of carbonyl (C=O) groups excluding carboxylic acids is 6. The van der Waals surface area contributed by atoms with Crippen molar-refractivity contribution in [2.24, 2.45) is 0 Å². The summed E-state index contributed by atoms with van der Waals surface area (Å²) in [4.78, 5) is 80.1. The normalized spacial score (nSPS) is 15.2. The first-order valence-corrected chi connectivity index (χ1v) is 19.4. The summed E-state index contributed by atoms with van der Waals surface area (Å²) >= 11 is 6.01. The van der Waals surface area contributed by atoms with E-state index in [9.17, 15) is 33.9 Å². The van der Waals surface area contributed by atoms with E-state index in [2.05, 4.69) is 31.9 Å². The van der Waals surface area contributed by atoms with Crippen molar-refractivity contribution in [3.63, 3.8) is 0 Å². The van der Waals surface area contributed by atoms with Crippen LogP contribution in [0, 0.1) is 0 Å². The summed E-state index contributed by atoms with van der Waals surface area (Å²) in [5.74, 6) is -3.25. The van der Waals surface area contributed by atoms with Crippen molar-refractivity contribution in [1.29, 1.82) is 0 Å². The second-order valence-corrected chi connectivity index (χ2v) is 14.4. The molecule has 4 bridgehead atoms. The molecule has 0 saturated carbocycles. The number of carbonyl (C=O) groups is 6. The molecule has 16 heteroatoms. The van der Waals surface area contributed by atoms with Crippen molar-refractivity contribution in [1.82, 2.24) is 36.8 Å². The van der Waals surface area contributed by atoms with E-state index in [1.54, 1.807) is 66.7 Å². The van der Waals surface area contributed by atoms with Gasteiger partial charge in [0.25, 0.3) is 5.91 Å². The molecule has 59 heavy (non-hydrogen) atoms. The van der Waals surface area contributed by atoms with Crippen molar-refractivity contribution in [2.75, 3.05) is 60.0 Å². The molecule has 0 aromatic heterocycles. The third-order valence-electron chi connectivity index (χ3n) is 9.54. The number of nitrogens with one attached hydrogen (secondary N) is 6. The molecule has 0 radical (unpaired) electrons. The zero-order valence-corrected chi connectivity index (χ0v) is 33.8. The molecule has 1 heterocycles. The van der Waals surface area contributed by atoms with E-state index in [4.69, 9.17) is 16.3 Å². The summed E-state index contributed by atoms with van der Waals surface area (Å²) in [6.45, 7) is 2.28. The van der Waals surface area contributed by atoms with Gasteiger partial charge in [-0.15, -0.1) is 0 Å². The Morgan fingerprint density at radius 2 is 1.58 bits per heavy atom. The molecule has 4 aromatic carbocycles. The number of hydrogen-bond acceptors (Lipinski definition) is 10. The van der Waals surface area contributed by atoms with Crippen LogP contribution in [-0.4, -0.2) is 111 Å². The number of amides is 5. The van der Waals surface area contributed by atoms with Gasteiger partial charge < -0.3 is 46.6 Å². The van der Waals surface area contributed by atoms with Crippen LogP contribution in [0.4, 0.5) is 0 Å². The van der Waals surface area contributed by atoms with Crippen molar-refractivity contribution >= 4 is 46.9 Å². The summed E-state index contributed by atoms with van der Waals surface area (Å²) < 4.78 is 6.18. The van der Waals surface area contributed by atoms with Crippen molar-refractivity contribution in [2.45, 2.75) is 25.4 Å². The molecular weight excluding hydrogens is 778 g/mol. The Morgan fingerprint density at radius 3 is 2.27 bits per heavy atom. The van der Waals surface area contributed by atoms with Gasteiger partial charge in [-0.2, -0.15) is 0 Å². The lowest BCUT2D eigenvalue weighted by atomic mass is 9.94. The SMILES string of the molecule is CNCCNCCOc1ccc2cc1-c1cc(ccc1O)CC(C(=O)NCC(C)=O)NC(=O)CNC(=O)C2N(C)C(=O)CNC(=O)c1ccc(-c2ccc(Cl)cc2)cc1. The van der Waals surface area contributed by atoms with E-state index >= 15 is 0 Å². The van der Waals surface area contributed by atoms with Gasteiger partial charge in [-0.05, 0) is 84.8 Å². The van der Waals surface area contributed by atoms with E-state index in [-0.39, 0.29) is 31.1 Å². The highest BCUT2D eigenvalue weighted by Gasteiger charge is 2.31. The van der Waals surface area contributed by atoms with E-state index < -0.39 is 54.7 Å². The zero-order valence-electron chi connectivity index (χ0n) is 33.0. The number of halogens is 1. The number of hydrogen-bond donors (Lipinski definition) is 7. The molecule has 1 aliphatic heterocycles. The molecule has 0 fully saturated rings. The molecule has 310 valence electrons. The largest absolute Gasteiger partial charge is 0.507 e. The Hall–Kier alpha value is -6.29. The predicted molar refractivity (Wildman–Crippen MR) is 223 cm³/mol. The number of ketones is 1. The Bertz CT molecular complexity index is 2160. The second-order valence-electron chi connectivity index (χ2n) is 13.9. The lowest BCUT2D eigenvalue weighted by Crippen LogP contribution is -2.52. The Labute approximate surface area is 347 Å². The minimum absolute atomic E-state index is 0.0138. The summed E-state index contributed by atoms with van der Waals surface area (Å²) in [5.41, 5.74) is 3.67. The van der Waals surface area contributed by atoms with E-state index in [0.717, 1.165) is 22.6 Å². The van der Waals surface area contributed by atoms with E-state index in [1.165, 1.54) is 20.0 Å². The highest BCUT2D eigenvalue weighted by Crippen LogP contribution is 2.39. The molecule has 0 saturated heterocycles. The maximum Gasteiger partial charge on any atom is 0.251 e. The predicted octanol–water partition coefficient (Wildman–Crippen LogP) is 2.36. The second kappa shape index (κ2) is 20.9. The van der Waals surface area contributed by atoms with Crippen LogP contribution in [0.2, 0.25) is 5.02 Å². The van der Waals surface area contributed by atoms with Gasteiger partial charge in [0.1, 0.15) is 36.0 Å². The minimum atomic E-state index is -1.33. The average Bonchev–Trinajstić information content (AvgIpc) is 3.23. The molecule has 4 aromatic rings.